The van der Waals surface area contributed by atoms with E-state index in [0.29, 0.717) is 41.4 Å². The highest BCUT2D eigenvalue weighted by Crippen LogP contribution is 2.51. The van der Waals surface area contributed by atoms with Gasteiger partial charge in [-0.3, -0.25) is 0 Å². The molecular weight excluding hydrogens is 829 g/mol. The van der Waals surface area contributed by atoms with E-state index < -0.39 is 41.7 Å². The number of allylic oxidation sites excluding steroid dienone is 10. The average Bonchev–Trinajstić information content (AvgIpc) is 3.35. The summed E-state index contributed by atoms with van der Waals surface area (Å²) in [6.07, 6.45) is 11.5. The summed E-state index contributed by atoms with van der Waals surface area (Å²) in [5.41, 5.74) is 12.7. The van der Waals surface area contributed by atoms with Crippen molar-refractivity contribution in [2.45, 2.75) is 82.7 Å². The largest absolute Gasteiger partial charge is 0.509 e. The molecule has 334 valence electrons. The van der Waals surface area contributed by atoms with Crippen LogP contribution in [0.15, 0.2) is 144 Å². The van der Waals surface area contributed by atoms with Crippen LogP contribution in [0.2, 0.25) is 0 Å². The number of rotatable bonds is 7. The van der Waals surface area contributed by atoms with Crippen LogP contribution in [0.1, 0.15) is 89.1 Å². The molecule has 0 spiro atoms. The quantitative estimate of drug-likeness (QED) is 0.0768. The molecule has 5 aromatic carbocycles. The summed E-state index contributed by atoms with van der Waals surface area (Å²) in [6, 6.07) is 22.4. The molecule has 10 rings (SSSR count). The van der Waals surface area contributed by atoms with Crippen LogP contribution < -0.4 is 0 Å². The van der Waals surface area contributed by atoms with Crippen LogP contribution in [-0.4, -0.2) is 70.4 Å². The van der Waals surface area contributed by atoms with Gasteiger partial charge in [-0.05, 0) is 127 Å². The smallest absolute Gasteiger partial charge is 0.167 e. The van der Waals surface area contributed by atoms with Gasteiger partial charge in [0.05, 0.1) is 5.57 Å². The van der Waals surface area contributed by atoms with E-state index in [4.69, 9.17) is 6.58 Å². The van der Waals surface area contributed by atoms with Gasteiger partial charge in [0.1, 0.15) is 41.7 Å². The van der Waals surface area contributed by atoms with Crippen LogP contribution in [0.25, 0.3) is 61.5 Å². The third kappa shape index (κ3) is 6.36. The number of aliphatic hydroxyl groups is 9. The van der Waals surface area contributed by atoms with Gasteiger partial charge in [0.25, 0.3) is 0 Å². The van der Waals surface area contributed by atoms with Crippen LogP contribution in [0, 0.1) is 0 Å². The van der Waals surface area contributed by atoms with Gasteiger partial charge in [0, 0.05) is 22.6 Å². The van der Waals surface area contributed by atoms with Gasteiger partial charge < -0.3 is 46.0 Å². The van der Waals surface area contributed by atoms with Crippen molar-refractivity contribution < 1.29 is 46.0 Å². The van der Waals surface area contributed by atoms with E-state index in [9.17, 15) is 46.0 Å². The monoisotopic (exact) mass is 880 g/mol. The first kappa shape index (κ1) is 43.0. The molecule has 0 fully saturated rings. The molecule has 0 heterocycles. The van der Waals surface area contributed by atoms with Crippen LogP contribution in [0.5, 0.6) is 0 Å². The summed E-state index contributed by atoms with van der Waals surface area (Å²) >= 11 is 0. The summed E-state index contributed by atoms with van der Waals surface area (Å²) < 4.78 is 0. The molecule has 5 aliphatic rings. The summed E-state index contributed by atoms with van der Waals surface area (Å²) in [5.74, 6) is -2.98. The molecule has 5 unspecified atom stereocenters. The summed E-state index contributed by atoms with van der Waals surface area (Å²) in [7, 11) is 0. The maximum Gasteiger partial charge on any atom is 0.167 e. The van der Waals surface area contributed by atoms with Crippen molar-refractivity contribution >= 4 is 50.4 Å². The first-order valence-corrected chi connectivity index (χ1v) is 22.7. The van der Waals surface area contributed by atoms with Gasteiger partial charge in [-0.1, -0.05) is 130 Å². The van der Waals surface area contributed by atoms with Crippen LogP contribution in [0.4, 0.5) is 0 Å². The number of aliphatic hydroxyl groups excluding tert-OH is 9. The summed E-state index contributed by atoms with van der Waals surface area (Å²) in [6.45, 7) is 8.78. The maximum absolute atomic E-state index is 11.5. The van der Waals surface area contributed by atoms with Crippen LogP contribution in [0.3, 0.4) is 0 Å². The van der Waals surface area contributed by atoms with Crippen molar-refractivity contribution in [2.75, 3.05) is 0 Å². The van der Waals surface area contributed by atoms with Gasteiger partial charge in [0.15, 0.2) is 11.5 Å². The average molecular weight is 881 g/mol. The molecule has 0 saturated heterocycles. The summed E-state index contributed by atoms with van der Waals surface area (Å²) in [4.78, 5) is 0. The molecule has 9 heteroatoms. The van der Waals surface area contributed by atoms with Crippen molar-refractivity contribution in [1.29, 1.82) is 0 Å². The molecule has 0 radical (unpaired) electrons. The molecule has 5 aliphatic carbocycles. The van der Waals surface area contributed by atoms with Gasteiger partial charge in [-0.25, -0.2) is 0 Å². The highest BCUT2D eigenvalue weighted by molar-refractivity contribution is 6.11. The molecule has 5 aromatic rings. The van der Waals surface area contributed by atoms with E-state index in [1.54, 1.807) is 0 Å². The topological polar surface area (TPSA) is 182 Å². The Bertz CT molecular complexity index is 3200. The fourth-order valence-electron chi connectivity index (χ4n) is 11.1. The van der Waals surface area contributed by atoms with E-state index in [1.807, 2.05) is 61.5 Å². The zero-order chi connectivity index (χ0) is 46.3. The minimum atomic E-state index is -1.87. The highest BCUT2D eigenvalue weighted by atomic mass is 16.4. The van der Waals surface area contributed by atoms with Crippen molar-refractivity contribution in [3.8, 4) is 11.1 Å². The Labute approximate surface area is 382 Å². The first-order chi connectivity index (χ1) is 31.9. The molecule has 0 saturated carbocycles. The van der Waals surface area contributed by atoms with Crippen molar-refractivity contribution in [3.05, 3.63) is 194 Å². The van der Waals surface area contributed by atoms with Crippen LogP contribution in [-0.2, 0) is 19.3 Å². The van der Waals surface area contributed by atoms with E-state index >= 15 is 0 Å². The van der Waals surface area contributed by atoms with Gasteiger partial charge in [-0.2, -0.15) is 0 Å². The third-order valence-corrected chi connectivity index (χ3v) is 14.3. The fraction of sp³-hybridized carbons (Fsp3) is 0.228. The Morgan fingerprint density at radius 2 is 1.11 bits per heavy atom. The number of hydrogen-bond donors (Lipinski definition) is 9. The lowest BCUT2D eigenvalue weighted by Gasteiger charge is -2.32. The molecule has 0 amide bonds. The molecule has 5 atom stereocenters. The first-order valence-electron chi connectivity index (χ1n) is 22.7. The predicted molar refractivity (Wildman–Crippen MR) is 262 cm³/mol. The Morgan fingerprint density at radius 1 is 0.576 bits per heavy atom. The normalized spacial score (nSPS) is 23.0. The fourth-order valence-corrected chi connectivity index (χ4v) is 11.1. The second-order valence-corrected chi connectivity index (χ2v) is 17.7. The lowest BCUT2D eigenvalue weighted by molar-refractivity contribution is 0.00947. The predicted octanol–water partition coefficient (Wildman–Crippen LogP) is 11.0. The second kappa shape index (κ2) is 16.5. The second-order valence-electron chi connectivity index (χ2n) is 17.7. The molecule has 0 bridgehead atoms. The molecule has 9 nitrogen and oxygen atoms in total. The van der Waals surface area contributed by atoms with E-state index in [0.717, 1.165) is 102 Å². The van der Waals surface area contributed by atoms with Gasteiger partial charge in [-0.15, -0.1) is 0 Å². The van der Waals surface area contributed by atoms with Gasteiger partial charge >= 0.3 is 0 Å². The van der Waals surface area contributed by atoms with Crippen LogP contribution >= 0.6 is 0 Å². The molecule has 9 N–H and O–H groups in total. The zero-order valence-corrected chi connectivity index (χ0v) is 36.8. The van der Waals surface area contributed by atoms with E-state index in [1.165, 1.54) is 0 Å². The van der Waals surface area contributed by atoms with Crippen molar-refractivity contribution in [3.63, 3.8) is 0 Å². The molecule has 66 heavy (non-hydrogen) atoms. The maximum atomic E-state index is 11.5. The number of benzene rings is 5. The molecule has 0 aromatic heterocycles. The lowest BCUT2D eigenvalue weighted by atomic mass is 9.73. The van der Waals surface area contributed by atoms with Gasteiger partial charge in [0.2, 0.25) is 0 Å². The third-order valence-electron chi connectivity index (χ3n) is 14.3. The lowest BCUT2D eigenvalue weighted by Crippen LogP contribution is -2.35. The zero-order valence-electron chi connectivity index (χ0n) is 36.8. The minimum absolute atomic E-state index is 0.123. The Hall–Kier alpha value is -6.88. The van der Waals surface area contributed by atoms with E-state index in [-0.39, 0.29) is 23.0 Å². The number of aryl methyl sites for hydroxylation is 1. The Balaban J connectivity index is 1.10. The number of fused-ring (bicyclic) bond motifs is 4. The SMILES string of the molecule is C=C1C(c2c3c(c(C4=C(O)C(O)C(O)C(O)=C4O)c4ccccc24)C=CCC3)=CC=CC1c1ccc(-c2c3c(c(C4=C(O)C(O)C(O)C(O)=C4CC)c4ccccc24)CCC=C3)cc1CC. The van der Waals surface area contributed by atoms with E-state index in [2.05, 4.69) is 61.6 Å². The Kier molecular flexibility index (Phi) is 10.8. The highest BCUT2D eigenvalue weighted by Gasteiger charge is 2.40. The Morgan fingerprint density at radius 3 is 1.73 bits per heavy atom. The summed E-state index contributed by atoms with van der Waals surface area (Å²) in [5, 5.41) is 102. The minimum Gasteiger partial charge on any atom is -0.509 e. The molecular formula is C57H52O9. The number of hydrogen-bond acceptors (Lipinski definition) is 9. The molecule has 0 aliphatic heterocycles. The van der Waals surface area contributed by atoms with Crippen molar-refractivity contribution in [1.82, 2.24) is 0 Å². The standard InChI is InChI=1S/C57H52O9/c1-4-29-27-30(43-35-15-6-10-19-39(35)45(40-20-11-7-16-36(40)43)47-31(5-2)49(58)53(62)54(63)50(47)59)25-26-34(29)32-23-14-24-33(28(32)3)44-37-17-8-12-21-41(37)46(42-22-13-9-18-38(42)44)48-51(60)55(64)57(66)56(65)52(48)61/h6-8,10,12-17,19,21-27,32,53-55,57-66H,3-5,9,11,18,20H2,1-2H3. The van der Waals surface area contributed by atoms with Crippen molar-refractivity contribution in [2.24, 2.45) is 0 Å².